The summed E-state index contributed by atoms with van der Waals surface area (Å²) < 4.78 is 1.67. The second-order valence-electron chi connectivity index (χ2n) is 4.07. The SMILES string of the molecule is C#CC(CCC)NC(=O)c1cnn2ccccc12. The number of nitrogens with zero attached hydrogens (tertiary/aromatic N) is 2. The number of amides is 1. The minimum atomic E-state index is -0.221. The van der Waals surface area contributed by atoms with Crippen LogP contribution in [0.15, 0.2) is 30.6 Å². The molecular weight excluding hydrogens is 226 g/mol. The van der Waals surface area contributed by atoms with Crippen molar-refractivity contribution in [3.63, 3.8) is 0 Å². The van der Waals surface area contributed by atoms with E-state index < -0.39 is 0 Å². The van der Waals surface area contributed by atoms with Crippen LogP contribution in [0, 0.1) is 12.3 Å². The zero-order valence-corrected chi connectivity index (χ0v) is 10.3. The number of rotatable bonds is 4. The lowest BCUT2D eigenvalue weighted by atomic mass is 10.1. The topological polar surface area (TPSA) is 46.4 Å². The fourth-order valence-electron chi connectivity index (χ4n) is 1.83. The van der Waals surface area contributed by atoms with Gasteiger partial charge in [0, 0.05) is 6.20 Å². The van der Waals surface area contributed by atoms with Crippen molar-refractivity contribution in [2.45, 2.75) is 25.8 Å². The molecule has 1 N–H and O–H groups in total. The predicted molar refractivity (Wildman–Crippen MR) is 70.2 cm³/mol. The van der Waals surface area contributed by atoms with Crippen LogP contribution in [0.25, 0.3) is 5.52 Å². The Morgan fingerprint density at radius 1 is 1.61 bits per heavy atom. The van der Waals surface area contributed by atoms with Crippen LogP contribution >= 0.6 is 0 Å². The van der Waals surface area contributed by atoms with Gasteiger partial charge in [0.2, 0.25) is 0 Å². The highest BCUT2D eigenvalue weighted by molar-refractivity contribution is 6.00. The van der Waals surface area contributed by atoms with Gasteiger partial charge in [-0.25, -0.2) is 4.52 Å². The van der Waals surface area contributed by atoms with E-state index in [0.29, 0.717) is 5.56 Å². The number of nitrogens with one attached hydrogen (secondary N) is 1. The zero-order chi connectivity index (χ0) is 13.0. The van der Waals surface area contributed by atoms with Gasteiger partial charge >= 0.3 is 0 Å². The third-order valence-corrected chi connectivity index (χ3v) is 2.75. The Bertz CT molecular complexity index is 594. The average molecular weight is 241 g/mol. The van der Waals surface area contributed by atoms with E-state index in [9.17, 15) is 4.79 Å². The van der Waals surface area contributed by atoms with Gasteiger partial charge in [-0.2, -0.15) is 5.10 Å². The first-order chi connectivity index (χ1) is 8.76. The Kier molecular flexibility index (Phi) is 3.63. The van der Waals surface area contributed by atoms with Gasteiger partial charge in [0.25, 0.3) is 5.91 Å². The van der Waals surface area contributed by atoms with E-state index in [-0.39, 0.29) is 11.9 Å². The molecule has 0 aliphatic heterocycles. The molecule has 0 fully saturated rings. The molecule has 4 heteroatoms. The molecule has 0 aliphatic carbocycles. The lowest BCUT2D eigenvalue weighted by molar-refractivity contribution is 0.0946. The molecule has 0 bridgehead atoms. The molecule has 0 spiro atoms. The number of hydrogen-bond donors (Lipinski definition) is 1. The quantitative estimate of drug-likeness (QED) is 0.831. The highest BCUT2D eigenvalue weighted by Crippen LogP contribution is 2.10. The summed E-state index contributed by atoms with van der Waals surface area (Å²) in [5.41, 5.74) is 1.33. The minimum Gasteiger partial charge on any atom is -0.338 e. The van der Waals surface area contributed by atoms with Crippen molar-refractivity contribution in [1.82, 2.24) is 14.9 Å². The van der Waals surface area contributed by atoms with E-state index >= 15 is 0 Å². The molecule has 0 aliphatic rings. The van der Waals surface area contributed by atoms with Crippen LogP contribution in [0.2, 0.25) is 0 Å². The molecule has 4 nitrogen and oxygen atoms in total. The standard InChI is InChI=1S/C14H15N3O/c1-3-7-11(4-2)16-14(18)12-10-15-17-9-6-5-8-13(12)17/h2,5-6,8-11H,3,7H2,1H3,(H,16,18). The molecule has 1 atom stereocenters. The summed E-state index contributed by atoms with van der Waals surface area (Å²) in [6.45, 7) is 2.03. The van der Waals surface area contributed by atoms with E-state index in [1.54, 1.807) is 16.9 Å². The lowest BCUT2D eigenvalue weighted by Gasteiger charge is -2.11. The molecule has 2 rings (SSSR count). The number of fused-ring (bicyclic) bond motifs is 1. The summed E-state index contributed by atoms with van der Waals surface area (Å²) in [6.07, 6.45) is 10.5. The van der Waals surface area contributed by atoms with E-state index in [4.69, 9.17) is 6.42 Å². The van der Waals surface area contributed by atoms with Crippen molar-refractivity contribution in [2.75, 3.05) is 0 Å². The largest absolute Gasteiger partial charge is 0.338 e. The average Bonchev–Trinajstić information content (AvgIpc) is 2.82. The fourth-order valence-corrected chi connectivity index (χ4v) is 1.83. The summed E-state index contributed by atoms with van der Waals surface area (Å²) in [7, 11) is 0. The molecule has 1 unspecified atom stereocenters. The number of terminal acetylenes is 1. The lowest BCUT2D eigenvalue weighted by Crippen LogP contribution is -2.33. The van der Waals surface area contributed by atoms with Gasteiger partial charge in [-0.15, -0.1) is 6.42 Å². The van der Waals surface area contributed by atoms with Crippen molar-refractivity contribution >= 4 is 11.4 Å². The van der Waals surface area contributed by atoms with Gasteiger partial charge in [0.05, 0.1) is 23.3 Å². The van der Waals surface area contributed by atoms with Crippen LogP contribution in [0.3, 0.4) is 0 Å². The Balaban J connectivity index is 2.21. The Labute approximate surface area is 106 Å². The van der Waals surface area contributed by atoms with Crippen molar-refractivity contribution in [1.29, 1.82) is 0 Å². The van der Waals surface area contributed by atoms with Gasteiger partial charge in [0.1, 0.15) is 0 Å². The van der Waals surface area contributed by atoms with Crippen molar-refractivity contribution in [3.05, 3.63) is 36.2 Å². The minimum absolute atomic E-state index is 0.174. The van der Waals surface area contributed by atoms with Crippen molar-refractivity contribution in [3.8, 4) is 12.3 Å². The number of pyridine rings is 1. The second kappa shape index (κ2) is 5.37. The van der Waals surface area contributed by atoms with Gasteiger partial charge in [-0.05, 0) is 18.6 Å². The maximum absolute atomic E-state index is 12.1. The molecule has 0 radical (unpaired) electrons. The number of carbonyl (C=O) groups is 1. The summed E-state index contributed by atoms with van der Waals surface area (Å²) in [5.74, 6) is 2.41. The van der Waals surface area contributed by atoms with Crippen molar-refractivity contribution < 1.29 is 4.79 Å². The smallest absolute Gasteiger partial charge is 0.256 e. The van der Waals surface area contributed by atoms with Gasteiger partial charge < -0.3 is 5.32 Å². The van der Waals surface area contributed by atoms with Gasteiger partial charge in [-0.3, -0.25) is 4.79 Å². The molecule has 0 saturated carbocycles. The molecule has 0 aromatic carbocycles. The molecule has 2 aromatic rings. The van der Waals surface area contributed by atoms with Crippen LogP contribution in [-0.2, 0) is 0 Å². The van der Waals surface area contributed by atoms with Crippen LogP contribution in [0.4, 0.5) is 0 Å². The predicted octanol–water partition coefficient (Wildman–Crippen LogP) is 1.87. The summed E-state index contributed by atoms with van der Waals surface area (Å²) in [4.78, 5) is 12.1. The van der Waals surface area contributed by atoms with Crippen LogP contribution in [0.5, 0.6) is 0 Å². The second-order valence-corrected chi connectivity index (χ2v) is 4.07. The highest BCUT2D eigenvalue weighted by Gasteiger charge is 2.15. The maximum Gasteiger partial charge on any atom is 0.256 e. The monoisotopic (exact) mass is 241 g/mol. The molecule has 18 heavy (non-hydrogen) atoms. The molecule has 92 valence electrons. The van der Waals surface area contributed by atoms with E-state index in [1.165, 1.54) is 0 Å². The Hall–Kier alpha value is -2.28. The summed E-state index contributed by atoms with van der Waals surface area (Å²) in [6, 6.07) is 5.37. The van der Waals surface area contributed by atoms with Gasteiger partial charge in [-0.1, -0.05) is 25.3 Å². The fraction of sp³-hybridized carbons (Fsp3) is 0.286. The van der Waals surface area contributed by atoms with E-state index in [0.717, 1.165) is 18.4 Å². The van der Waals surface area contributed by atoms with Crippen LogP contribution in [0.1, 0.15) is 30.1 Å². The van der Waals surface area contributed by atoms with E-state index in [2.05, 4.69) is 16.3 Å². The molecule has 2 heterocycles. The highest BCUT2D eigenvalue weighted by atomic mass is 16.1. The number of carbonyl (C=O) groups excluding carboxylic acids is 1. The Morgan fingerprint density at radius 3 is 3.17 bits per heavy atom. The number of aromatic nitrogens is 2. The summed E-state index contributed by atoms with van der Waals surface area (Å²) in [5, 5.41) is 6.96. The van der Waals surface area contributed by atoms with Crippen LogP contribution in [-0.4, -0.2) is 21.6 Å². The first-order valence-electron chi connectivity index (χ1n) is 5.95. The molecule has 1 amide bonds. The van der Waals surface area contributed by atoms with Crippen molar-refractivity contribution in [2.24, 2.45) is 0 Å². The van der Waals surface area contributed by atoms with E-state index in [1.807, 2.05) is 25.1 Å². The Morgan fingerprint density at radius 2 is 2.44 bits per heavy atom. The van der Waals surface area contributed by atoms with Gasteiger partial charge in [0.15, 0.2) is 0 Å². The molecular formula is C14H15N3O. The number of hydrogen-bond acceptors (Lipinski definition) is 2. The first kappa shape index (κ1) is 12.2. The van der Waals surface area contributed by atoms with Crippen LogP contribution < -0.4 is 5.32 Å². The zero-order valence-electron chi connectivity index (χ0n) is 10.3. The molecule has 0 saturated heterocycles. The normalized spacial score (nSPS) is 12.0. The first-order valence-corrected chi connectivity index (χ1v) is 5.95. The molecule has 2 aromatic heterocycles. The summed E-state index contributed by atoms with van der Waals surface area (Å²) >= 11 is 0. The maximum atomic E-state index is 12.1. The third kappa shape index (κ3) is 2.35. The third-order valence-electron chi connectivity index (χ3n) is 2.75.